The van der Waals surface area contributed by atoms with Crippen LogP contribution in [0.1, 0.15) is 45.6 Å². The average Bonchev–Trinajstić information content (AvgIpc) is 2.58. The number of ether oxygens (including phenoxy) is 1. The summed E-state index contributed by atoms with van der Waals surface area (Å²) < 4.78 is 5.14. The molecule has 26 heavy (non-hydrogen) atoms. The predicted octanol–water partition coefficient (Wildman–Crippen LogP) is 4.63. The van der Waals surface area contributed by atoms with Crippen molar-refractivity contribution in [2.24, 2.45) is 23.2 Å². The van der Waals surface area contributed by atoms with Gasteiger partial charge in [0.05, 0.1) is 13.0 Å². The zero-order chi connectivity index (χ0) is 19.3. The number of benzene rings is 1. The van der Waals surface area contributed by atoms with Gasteiger partial charge in [-0.1, -0.05) is 45.1 Å². The second kappa shape index (κ2) is 8.47. The molecule has 1 fully saturated rings. The Labute approximate surface area is 155 Å². The molecule has 0 heterocycles. The number of methoxy groups -OCH3 is 1. The third-order valence-electron chi connectivity index (χ3n) is 5.44. The van der Waals surface area contributed by atoms with Gasteiger partial charge in [0.25, 0.3) is 0 Å². The molecule has 0 spiro atoms. The topological polar surface area (TPSA) is 69.4 Å². The standard InChI is InChI=1S/C21H29NO4/c1-21(2,3)17-9-12-20(23)19(13-17)16(14-22(24)25)8-5-15-6-10-18(26-4)11-7-15/h5-8,10-11,16-17,19H,9,12-14H2,1-4H3/b8-5+/t16-,17+,19+/m1/s1. The summed E-state index contributed by atoms with van der Waals surface area (Å²) in [5, 5.41) is 11.2. The Balaban J connectivity index is 2.20. The monoisotopic (exact) mass is 359 g/mol. The van der Waals surface area contributed by atoms with Crippen molar-refractivity contribution in [1.29, 1.82) is 0 Å². The SMILES string of the molecule is COc1ccc(/C=C/[C@H](C[N+](=O)[O-])[C@@H]2C[C@@H](C(C)(C)C)CCC2=O)cc1. The van der Waals surface area contributed by atoms with E-state index in [0.717, 1.165) is 24.2 Å². The minimum absolute atomic E-state index is 0.109. The molecule has 0 radical (unpaired) electrons. The van der Waals surface area contributed by atoms with Crippen molar-refractivity contribution < 1.29 is 14.5 Å². The van der Waals surface area contributed by atoms with Gasteiger partial charge in [0, 0.05) is 17.3 Å². The van der Waals surface area contributed by atoms with Crippen LogP contribution in [0.4, 0.5) is 0 Å². The van der Waals surface area contributed by atoms with Gasteiger partial charge in [-0.15, -0.1) is 0 Å². The lowest BCUT2D eigenvalue weighted by molar-refractivity contribution is -0.487. The van der Waals surface area contributed by atoms with Gasteiger partial charge >= 0.3 is 0 Å². The summed E-state index contributed by atoms with van der Waals surface area (Å²) in [5.74, 6) is 0.697. The van der Waals surface area contributed by atoms with E-state index in [1.807, 2.05) is 36.4 Å². The first-order valence-corrected chi connectivity index (χ1v) is 9.17. The van der Waals surface area contributed by atoms with Crippen molar-refractivity contribution in [3.8, 4) is 5.75 Å². The molecule has 0 saturated heterocycles. The van der Waals surface area contributed by atoms with Crippen LogP contribution in [0.15, 0.2) is 30.3 Å². The van der Waals surface area contributed by atoms with E-state index in [1.165, 1.54) is 0 Å². The molecule has 0 N–H and O–H groups in total. The molecule has 142 valence electrons. The lowest BCUT2D eigenvalue weighted by atomic mass is 9.66. The van der Waals surface area contributed by atoms with Gasteiger partial charge in [-0.2, -0.15) is 0 Å². The maximum Gasteiger partial charge on any atom is 0.210 e. The van der Waals surface area contributed by atoms with Gasteiger partial charge in [-0.3, -0.25) is 14.9 Å². The molecular formula is C21H29NO4. The third-order valence-corrected chi connectivity index (χ3v) is 5.44. The maximum absolute atomic E-state index is 12.5. The normalized spacial score (nSPS) is 22.4. The summed E-state index contributed by atoms with van der Waals surface area (Å²) >= 11 is 0. The minimum Gasteiger partial charge on any atom is -0.497 e. The summed E-state index contributed by atoms with van der Waals surface area (Å²) in [4.78, 5) is 23.4. The van der Waals surface area contributed by atoms with Crippen molar-refractivity contribution in [3.63, 3.8) is 0 Å². The van der Waals surface area contributed by atoms with Gasteiger partial charge in [0.1, 0.15) is 11.5 Å². The van der Waals surface area contributed by atoms with Gasteiger partial charge in [0.15, 0.2) is 0 Å². The highest BCUT2D eigenvalue weighted by Crippen LogP contribution is 2.41. The van der Waals surface area contributed by atoms with Crippen molar-refractivity contribution in [3.05, 3.63) is 46.0 Å². The van der Waals surface area contributed by atoms with Crippen LogP contribution >= 0.6 is 0 Å². The molecule has 0 aliphatic heterocycles. The van der Waals surface area contributed by atoms with E-state index in [4.69, 9.17) is 4.74 Å². The smallest absolute Gasteiger partial charge is 0.210 e. The molecule has 5 nitrogen and oxygen atoms in total. The van der Waals surface area contributed by atoms with Crippen LogP contribution in [0, 0.1) is 33.3 Å². The minimum atomic E-state index is -0.371. The molecule has 0 amide bonds. The van der Waals surface area contributed by atoms with Crippen LogP contribution in [0.25, 0.3) is 6.08 Å². The highest BCUT2D eigenvalue weighted by atomic mass is 16.6. The zero-order valence-corrected chi connectivity index (χ0v) is 16.1. The Morgan fingerprint density at radius 1 is 1.31 bits per heavy atom. The number of carbonyl (C=O) groups excluding carboxylic acids is 1. The molecule has 0 bridgehead atoms. The largest absolute Gasteiger partial charge is 0.497 e. The molecule has 1 aliphatic carbocycles. The average molecular weight is 359 g/mol. The molecule has 5 heteroatoms. The zero-order valence-electron chi connectivity index (χ0n) is 16.1. The van der Waals surface area contributed by atoms with Crippen LogP contribution in [0.3, 0.4) is 0 Å². The fraction of sp³-hybridized carbons (Fsp3) is 0.571. The highest BCUT2D eigenvalue weighted by molar-refractivity contribution is 5.82. The number of hydrogen-bond donors (Lipinski definition) is 0. The molecule has 1 saturated carbocycles. The maximum atomic E-state index is 12.5. The highest BCUT2D eigenvalue weighted by Gasteiger charge is 2.39. The summed E-state index contributed by atoms with van der Waals surface area (Å²) in [6.07, 6.45) is 5.86. The summed E-state index contributed by atoms with van der Waals surface area (Å²) in [5.41, 5.74) is 1.05. The lowest BCUT2D eigenvalue weighted by Gasteiger charge is -2.38. The Morgan fingerprint density at radius 2 is 1.96 bits per heavy atom. The fourth-order valence-electron chi connectivity index (χ4n) is 3.70. The second-order valence-corrected chi connectivity index (χ2v) is 8.22. The summed E-state index contributed by atoms with van der Waals surface area (Å²) in [6, 6.07) is 7.51. The van der Waals surface area contributed by atoms with E-state index in [0.29, 0.717) is 12.3 Å². The molecule has 1 aromatic rings. The Hall–Kier alpha value is -2.17. The Morgan fingerprint density at radius 3 is 2.50 bits per heavy atom. The quantitative estimate of drug-likeness (QED) is 0.548. The van der Waals surface area contributed by atoms with E-state index < -0.39 is 0 Å². The molecule has 3 atom stereocenters. The van der Waals surface area contributed by atoms with E-state index in [-0.39, 0.29) is 34.5 Å². The van der Waals surface area contributed by atoms with E-state index in [1.54, 1.807) is 7.11 Å². The molecular weight excluding hydrogens is 330 g/mol. The first kappa shape index (κ1) is 20.1. The Bertz CT molecular complexity index is 658. The number of ketones is 1. The number of nitro groups is 1. The van der Waals surface area contributed by atoms with E-state index >= 15 is 0 Å². The van der Waals surface area contributed by atoms with Crippen molar-refractivity contribution in [1.82, 2.24) is 0 Å². The van der Waals surface area contributed by atoms with Crippen LogP contribution in [0.2, 0.25) is 0 Å². The second-order valence-electron chi connectivity index (χ2n) is 8.22. The number of carbonyl (C=O) groups is 1. The Kier molecular flexibility index (Phi) is 6.57. The van der Waals surface area contributed by atoms with Gasteiger partial charge in [0.2, 0.25) is 6.54 Å². The number of Topliss-reactive ketones (excluding diaryl/α,β-unsaturated/α-hetero) is 1. The van der Waals surface area contributed by atoms with Crippen molar-refractivity contribution >= 4 is 11.9 Å². The van der Waals surface area contributed by atoms with Crippen LogP contribution in [-0.2, 0) is 4.79 Å². The van der Waals surface area contributed by atoms with Gasteiger partial charge < -0.3 is 4.74 Å². The van der Waals surface area contributed by atoms with E-state index in [2.05, 4.69) is 20.8 Å². The fourth-order valence-corrected chi connectivity index (χ4v) is 3.70. The number of hydrogen-bond acceptors (Lipinski definition) is 4. The van der Waals surface area contributed by atoms with Crippen LogP contribution in [0.5, 0.6) is 5.75 Å². The predicted molar refractivity (Wildman–Crippen MR) is 103 cm³/mol. The van der Waals surface area contributed by atoms with Crippen molar-refractivity contribution in [2.45, 2.75) is 40.0 Å². The molecule has 2 rings (SSSR count). The molecule has 1 aromatic carbocycles. The van der Waals surface area contributed by atoms with Gasteiger partial charge in [-0.05, 0) is 41.9 Å². The van der Waals surface area contributed by atoms with E-state index in [9.17, 15) is 14.9 Å². The first-order valence-electron chi connectivity index (χ1n) is 9.17. The number of rotatable bonds is 6. The molecule has 0 aromatic heterocycles. The first-order chi connectivity index (χ1) is 12.2. The number of nitrogens with zero attached hydrogens (tertiary/aromatic N) is 1. The summed E-state index contributed by atoms with van der Waals surface area (Å²) in [7, 11) is 1.61. The van der Waals surface area contributed by atoms with Crippen LogP contribution < -0.4 is 4.74 Å². The van der Waals surface area contributed by atoms with Crippen molar-refractivity contribution in [2.75, 3.05) is 13.7 Å². The lowest BCUT2D eigenvalue weighted by Crippen LogP contribution is -2.37. The summed E-state index contributed by atoms with van der Waals surface area (Å²) in [6.45, 7) is 6.33. The molecule has 0 unspecified atom stereocenters. The molecule has 1 aliphatic rings. The van der Waals surface area contributed by atoms with Gasteiger partial charge in [-0.25, -0.2) is 0 Å². The third kappa shape index (κ3) is 5.41. The van der Waals surface area contributed by atoms with Crippen LogP contribution in [-0.4, -0.2) is 24.4 Å².